The zero-order valence-electron chi connectivity index (χ0n) is 26.7. The first kappa shape index (κ1) is 34.5. The van der Waals surface area contributed by atoms with Crippen LogP contribution in [0.2, 0.25) is 0 Å². The number of nitrogens with one attached hydrogen (secondary N) is 3. The normalized spacial score (nSPS) is 13.6. The smallest absolute Gasteiger partial charge is 0.262 e. The maximum atomic E-state index is 13.5. The summed E-state index contributed by atoms with van der Waals surface area (Å²) in [5.74, 6) is -0.479. The van der Waals surface area contributed by atoms with Crippen molar-refractivity contribution in [3.63, 3.8) is 0 Å². The number of anilines is 2. The molecule has 4 amide bonds. The second kappa shape index (κ2) is 17.4. The van der Waals surface area contributed by atoms with Crippen molar-refractivity contribution in [3.8, 4) is 5.75 Å². The second-order valence-corrected chi connectivity index (χ2v) is 11.3. The molecule has 1 aliphatic heterocycles. The molecule has 1 saturated carbocycles. The highest BCUT2D eigenvalue weighted by molar-refractivity contribution is 6.05. The molecular weight excluding hydrogens is 618 g/mol. The maximum Gasteiger partial charge on any atom is 0.262 e. The Hall–Kier alpha value is -4.82. The van der Waals surface area contributed by atoms with Crippen LogP contribution in [0.15, 0.2) is 66.7 Å². The molecule has 1 aliphatic carbocycles. The van der Waals surface area contributed by atoms with E-state index >= 15 is 0 Å². The molecule has 0 radical (unpaired) electrons. The zero-order chi connectivity index (χ0) is 33.7. The van der Waals surface area contributed by atoms with Crippen molar-refractivity contribution in [1.29, 1.82) is 0 Å². The first-order valence-corrected chi connectivity index (χ1v) is 16.0. The number of amides is 4. The standard InChI is InChI=1S/C35H41N5O8/c36-12-14-45-16-18-47-19-17-46-15-13-37-33(42)26-2-1-3-28(20-26)38-34(43)25-6-4-24(5-7-25)22-40(29-9-10-29)35(44)27-8-11-30-31(21-27)48-23-32(41)39-30/h1-8,11,20-21,29H,9-10,12-19,22-23,36H2,(H,37,42)(H,38,43)(H,39,41). The zero-order valence-corrected chi connectivity index (χ0v) is 26.7. The van der Waals surface area contributed by atoms with E-state index in [0.29, 0.717) is 93.1 Å². The molecule has 1 heterocycles. The van der Waals surface area contributed by atoms with Crippen molar-refractivity contribution in [2.75, 3.05) is 70.0 Å². The summed E-state index contributed by atoms with van der Waals surface area (Å²) in [6.07, 6.45) is 1.86. The first-order chi connectivity index (χ1) is 23.4. The third-order valence-electron chi connectivity index (χ3n) is 7.60. The van der Waals surface area contributed by atoms with E-state index in [1.165, 1.54) is 0 Å². The lowest BCUT2D eigenvalue weighted by atomic mass is 10.1. The summed E-state index contributed by atoms with van der Waals surface area (Å²) in [5, 5.41) is 8.39. The van der Waals surface area contributed by atoms with E-state index in [2.05, 4.69) is 16.0 Å². The van der Waals surface area contributed by atoms with Gasteiger partial charge in [-0.3, -0.25) is 19.2 Å². The number of hydrogen-bond acceptors (Lipinski definition) is 9. The van der Waals surface area contributed by atoms with Crippen LogP contribution >= 0.6 is 0 Å². The summed E-state index contributed by atoms with van der Waals surface area (Å²) in [5.41, 5.74) is 8.60. The van der Waals surface area contributed by atoms with Gasteiger partial charge in [0.05, 0.1) is 45.3 Å². The summed E-state index contributed by atoms with van der Waals surface area (Å²) >= 11 is 0. The van der Waals surface area contributed by atoms with Crippen LogP contribution in [0.3, 0.4) is 0 Å². The summed E-state index contributed by atoms with van der Waals surface area (Å²) in [6, 6.07) is 19.0. The average Bonchev–Trinajstić information content (AvgIpc) is 3.95. The van der Waals surface area contributed by atoms with Gasteiger partial charge in [0, 0.05) is 48.1 Å². The minimum absolute atomic E-state index is 0.0842. The minimum Gasteiger partial charge on any atom is -0.482 e. The fraction of sp³-hybridized carbons (Fsp3) is 0.371. The molecule has 48 heavy (non-hydrogen) atoms. The summed E-state index contributed by atoms with van der Waals surface area (Å²) in [4.78, 5) is 52.5. The van der Waals surface area contributed by atoms with Crippen LogP contribution in [-0.4, -0.2) is 93.9 Å². The van der Waals surface area contributed by atoms with Gasteiger partial charge in [-0.25, -0.2) is 0 Å². The van der Waals surface area contributed by atoms with Crippen molar-refractivity contribution in [3.05, 3.63) is 89.0 Å². The van der Waals surface area contributed by atoms with Gasteiger partial charge in [-0.2, -0.15) is 0 Å². The number of nitrogens with two attached hydrogens (primary N) is 1. The Labute approximate surface area is 279 Å². The van der Waals surface area contributed by atoms with Crippen LogP contribution in [0.25, 0.3) is 0 Å². The van der Waals surface area contributed by atoms with E-state index in [9.17, 15) is 19.2 Å². The topological polar surface area (TPSA) is 171 Å². The van der Waals surface area contributed by atoms with Gasteiger partial charge >= 0.3 is 0 Å². The molecule has 5 rings (SSSR count). The van der Waals surface area contributed by atoms with Gasteiger partial charge < -0.3 is 45.5 Å². The highest BCUT2D eigenvalue weighted by atomic mass is 16.5. The molecule has 0 unspecified atom stereocenters. The minimum atomic E-state index is -0.322. The monoisotopic (exact) mass is 659 g/mol. The number of rotatable bonds is 18. The lowest BCUT2D eigenvalue weighted by Gasteiger charge is -2.24. The predicted molar refractivity (Wildman–Crippen MR) is 178 cm³/mol. The number of carbonyl (C=O) groups excluding carboxylic acids is 4. The molecule has 2 aliphatic rings. The lowest BCUT2D eigenvalue weighted by molar-refractivity contribution is -0.118. The van der Waals surface area contributed by atoms with E-state index in [4.69, 9.17) is 24.7 Å². The lowest BCUT2D eigenvalue weighted by Crippen LogP contribution is -2.33. The third-order valence-corrected chi connectivity index (χ3v) is 7.60. The van der Waals surface area contributed by atoms with Crippen molar-refractivity contribution in [2.24, 2.45) is 5.73 Å². The number of fused-ring (bicyclic) bond motifs is 1. The van der Waals surface area contributed by atoms with Gasteiger partial charge in [-0.05, 0) is 66.9 Å². The van der Waals surface area contributed by atoms with Gasteiger partial charge in [0.25, 0.3) is 23.6 Å². The van der Waals surface area contributed by atoms with Crippen LogP contribution in [0.1, 0.15) is 49.5 Å². The molecule has 1 fully saturated rings. The summed E-state index contributed by atoms with van der Waals surface area (Å²) in [6.45, 7) is 3.75. The van der Waals surface area contributed by atoms with E-state index in [-0.39, 0.29) is 36.3 Å². The van der Waals surface area contributed by atoms with Crippen LogP contribution < -0.4 is 26.4 Å². The van der Waals surface area contributed by atoms with Crippen LogP contribution in [-0.2, 0) is 25.5 Å². The number of hydrogen-bond donors (Lipinski definition) is 4. The Bertz CT molecular complexity index is 1580. The Morgan fingerprint density at radius 2 is 1.54 bits per heavy atom. The molecule has 254 valence electrons. The van der Waals surface area contributed by atoms with E-state index < -0.39 is 0 Å². The van der Waals surface area contributed by atoms with Crippen LogP contribution in [0, 0.1) is 0 Å². The molecule has 0 bridgehead atoms. The Kier molecular flexibility index (Phi) is 12.5. The van der Waals surface area contributed by atoms with Crippen molar-refractivity contribution >= 4 is 35.0 Å². The van der Waals surface area contributed by atoms with Crippen molar-refractivity contribution < 1.29 is 38.1 Å². The summed E-state index contributed by atoms with van der Waals surface area (Å²) in [7, 11) is 0. The Morgan fingerprint density at radius 1 is 0.833 bits per heavy atom. The first-order valence-electron chi connectivity index (χ1n) is 16.0. The van der Waals surface area contributed by atoms with E-state index in [1.54, 1.807) is 54.6 Å². The molecule has 3 aromatic carbocycles. The second-order valence-electron chi connectivity index (χ2n) is 11.3. The van der Waals surface area contributed by atoms with Crippen LogP contribution in [0.4, 0.5) is 11.4 Å². The summed E-state index contributed by atoms with van der Waals surface area (Å²) < 4.78 is 21.6. The quantitative estimate of drug-likeness (QED) is 0.150. The molecule has 5 N–H and O–H groups in total. The van der Waals surface area contributed by atoms with Gasteiger partial charge in [0.2, 0.25) is 0 Å². The van der Waals surface area contributed by atoms with Gasteiger partial charge in [0.1, 0.15) is 5.75 Å². The molecule has 0 aromatic heterocycles. The molecule has 0 atom stereocenters. The largest absolute Gasteiger partial charge is 0.482 e. The third kappa shape index (κ3) is 10.1. The highest BCUT2D eigenvalue weighted by Gasteiger charge is 2.33. The predicted octanol–water partition coefficient (Wildman–Crippen LogP) is 2.81. The van der Waals surface area contributed by atoms with Crippen molar-refractivity contribution in [2.45, 2.75) is 25.4 Å². The van der Waals surface area contributed by atoms with Gasteiger partial charge in [-0.15, -0.1) is 0 Å². The molecule has 0 saturated heterocycles. The molecule has 13 nitrogen and oxygen atoms in total. The SMILES string of the molecule is NCCOCCOCCOCCNC(=O)c1cccc(NC(=O)c2ccc(CN(C(=O)c3ccc4c(c3)OCC(=O)N4)C3CC3)cc2)c1. The number of benzene rings is 3. The number of ether oxygens (including phenoxy) is 4. The molecule has 3 aromatic rings. The van der Waals surface area contributed by atoms with Crippen molar-refractivity contribution in [1.82, 2.24) is 10.2 Å². The average molecular weight is 660 g/mol. The van der Waals surface area contributed by atoms with E-state index in [1.807, 2.05) is 17.0 Å². The fourth-order valence-corrected chi connectivity index (χ4v) is 4.99. The fourth-order valence-electron chi connectivity index (χ4n) is 4.99. The molecule has 13 heteroatoms. The Morgan fingerprint density at radius 3 is 2.27 bits per heavy atom. The highest BCUT2D eigenvalue weighted by Crippen LogP contribution is 2.33. The number of nitrogens with zero attached hydrogens (tertiary/aromatic N) is 1. The Balaban J connectivity index is 1.07. The van der Waals surface area contributed by atoms with E-state index in [0.717, 1.165) is 18.4 Å². The molecule has 0 spiro atoms. The van der Waals surface area contributed by atoms with Gasteiger partial charge in [-0.1, -0.05) is 18.2 Å². The van der Waals surface area contributed by atoms with Gasteiger partial charge in [0.15, 0.2) is 6.61 Å². The maximum absolute atomic E-state index is 13.5. The number of carbonyl (C=O) groups is 4. The van der Waals surface area contributed by atoms with Crippen LogP contribution in [0.5, 0.6) is 5.75 Å². The molecular formula is C35H41N5O8.